The maximum Gasteiger partial charge on any atom is 0.0720 e. The summed E-state index contributed by atoms with van der Waals surface area (Å²) in [6, 6.07) is 10.4. The van der Waals surface area contributed by atoms with E-state index in [1.54, 1.807) is 0 Å². The topological polar surface area (TPSA) is 9.23 Å². The van der Waals surface area contributed by atoms with E-state index in [-0.39, 0.29) is 0 Å². The third-order valence-corrected chi connectivity index (χ3v) is 2.88. The highest BCUT2D eigenvalue weighted by molar-refractivity contribution is 5.13. The van der Waals surface area contributed by atoms with Crippen LogP contribution in [0.1, 0.15) is 57.9 Å². The standard InChI is InChI=1S/C13H18O.C3H8/c1-3-7-12(8-4-1)11-14-13-9-5-2-6-10-13;1-3-2/h1,3-4,7-8,13H,2,5-6,9-11H2;3H2,1-2H3. The van der Waals surface area contributed by atoms with Crippen molar-refractivity contribution in [2.75, 3.05) is 0 Å². The Morgan fingerprint density at radius 2 is 1.59 bits per heavy atom. The Morgan fingerprint density at radius 3 is 2.18 bits per heavy atom. The van der Waals surface area contributed by atoms with E-state index < -0.39 is 0 Å². The van der Waals surface area contributed by atoms with Gasteiger partial charge in [-0.05, 0) is 18.4 Å². The Balaban J connectivity index is 0.000000437. The van der Waals surface area contributed by atoms with Gasteiger partial charge < -0.3 is 4.74 Å². The quantitative estimate of drug-likeness (QED) is 0.719. The summed E-state index contributed by atoms with van der Waals surface area (Å²) in [6.07, 6.45) is 8.37. The highest BCUT2D eigenvalue weighted by atomic mass is 16.5. The van der Waals surface area contributed by atoms with E-state index in [2.05, 4.69) is 38.1 Å². The van der Waals surface area contributed by atoms with Gasteiger partial charge in [0, 0.05) is 0 Å². The van der Waals surface area contributed by atoms with Crippen LogP contribution in [0.15, 0.2) is 30.3 Å². The second-order valence-electron chi connectivity index (χ2n) is 4.76. The summed E-state index contributed by atoms with van der Waals surface area (Å²) in [5.74, 6) is 0. The van der Waals surface area contributed by atoms with E-state index in [9.17, 15) is 0 Å². The summed E-state index contributed by atoms with van der Waals surface area (Å²) >= 11 is 0. The second kappa shape index (κ2) is 9.23. The molecule has 0 unspecified atom stereocenters. The summed E-state index contributed by atoms with van der Waals surface area (Å²) in [6.45, 7) is 5.03. The molecule has 1 aromatic carbocycles. The monoisotopic (exact) mass is 234 g/mol. The van der Waals surface area contributed by atoms with Crippen LogP contribution < -0.4 is 0 Å². The first-order chi connectivity index (χ1) is 8.36. The summed E-state index contributed by atoms with van der Waals surface area (Å²) in [5.41, 5.74) is 1.29. The zero-order valence-corrected chi connectivity index (χ0v) is 11.3. The predicted molar refractivity (Wildman–Crippen MR) is 74.1 cm³/mol. The number of hydrogen-bond donors (Lipinski definition) is 0. The zero-order valence-electron chi connectivity index (χ0n) is 11.3. The van der Waals surface area contributed by atoms with E-state index in [4.69, 9.17) is 4.74 Å². The lowest BCUT2D eigenvalue weighted by Crippen LogP contribution is -2.16. The van der Waals surface area contributed by atoms with E-state index in [0.29, 0.717) is 6.10 Å². The molecule has 0 spiro atoms. The van der Waals surface area contributed by atoms with Crippen molar-refractivity contribution >= 4 is 0 Å². The minimum absolute atomic E-state index is 0.518. The molecule has 17 heavy (non-hydrogen) atoms. The van der Waals surface area contributed by atoms with Crippen LogP contribution in [0.3, 0.4) is 0 Å². The number of ether oxygens (including phenoxy) is 1. The van der Waals surface area contributed by atoms with Crippen LogP contribution in [0.5, 0.6) is 0 Å². The number of benzene rings is 1. The number of hydrogen-bond acceptors (Lipinski definition) is 1. The summed E-state index contributed by atoms with van der Waals surface area (Å²) in [4.78, 5) is 0. The van der Waals surface area contributed by atoms with Gasteiger partial charge in [-0.15, -0.1) is 0 Å². The van der Waals surface area contributed by atoms with Gasteiger partial charge in [0.15, 0.2) is 0 Å². The fourth-order valence-electron chi connectivity index (χ4n) is 2.02. The van der Waals surface area contributed by atoms with Gasteiger partial charge in [-0.25, -0.2) is 0 Å². The minimum Gasteiger partial charge on any atom is -0.374 e. The lowest BCUT2D eigenvalue weighted by atomic mass is 9.98. The summed E-state index contributed by atoms with van der Waals surface area (Å²) < 4.78 is 5.87. The van der Waals surface area contributed by atoms with Crippen LogP contribution in [-0.2, 0) is 11.3 Å². The van der Waals surface area contributed by atoms with Gasteiger partial charge in [0.1, 0.15) is 0 Å². The van der Waals surface area contributed by atoms with E-state index in [1.807, 2.05) is 6.07 Å². The molecule has 1 fully saturated rings. The molecule has 1 aromatic rings. The first-order valence-corrected chi connectivity index (χ1v) is 7.02. The third kappa shape index (κ3) is 6.48. The molecule has 0 bridgehead atoms. The Kier molecular flexibility index (Phi) is 7.74. The van der Waals surface area contributed by atoms with Gasteiger partial charge in [0.05, 0.1) is 12.7 Å². The third-order valence-electron chi connectivity index (χ3n) is 2.88. The average Bonchev–Trinajstić information content (AvgIpc) is 2.40. The molecule has 1 saturated carbocycles. The SMILES string of the molecule is CCC.c1ccc(COC2CCCCC2)cc1. The Bertz CT molecular complexity index is 262. The molecule has 0 atom stereocenters. The Labute approximate surface area is 106 Å². The Hall–Kier alpha value is -0.820. The summed E-state index contributed by atoms with van der Waals surface area (Å²) in [5, 5.41) is 0. The van der Waals surface area contributed by atoms with Gasteiger partial charge in [-0.3, -0.25) is 0 Å². The fourth-order valence-corrected chi connectivity index (χ4v) is 2.02. The molecule has 0 amide bonds. The van der Waals surface area contributed by atoms with Crippen LogP contribution in [0.2, 0.25) is 0 Å². The summed E-state index contributed by atoms with van der Waals surface area (Å²) in [7, 11) is 0. The first kappa shape index (κ1) is 14.2. The molecule has 1 aliphatic carbocycles. The molecular weight excluding hydrogens is 208 g/mol. The molecule has 0 radical (unpaired) electrons. The molecule has 0 aliphatic heterocycles. The maximum atomic E-state index is 5.87. The molecule has 0 aromatic heterocycles. The highest BCUT2D eigenvalue weighted by Crippen LogP contribution is 2.21. The van der Waals surface area contributed by atoms with Crippen molar-refractivity contribution < 1.29 is 4.74 Å². The van der Waals surface area contributed by atoms with Crippen LogP contribution in [0.4, 0.5) is 0 Å². The fraction of sp³-hybridized carbons (Fsp3) is 0.625. The molecule has 96 valence electrons. The van der Waals surface area contributed by atoms with Crippen LogP contribution in [0.25, 0.3) is 0 Å². The van der Waals surface area contributed by atoms with Gasteiger partial charge in [-0.2, -0.15) is 0 Å². The van der Waals surface area contributed by atoms with Crippen LogP contribution in [0, 0.1) is 0 Å². The van der Waals surface area contributed by atoms with E-state index in [1.165, 1.54) is 44.1 Å². The molecule has 0 saturated heterocycles. The van der Waals surface area contributed by atoms with Gasteiger partial charge in [-0.1, -0.05) is 69.9 Å². The van der Waals surface area contributed by atoms with Crippen molar-refractivity contribution in [3.8, 4) is 0 Å². The van der Waals surface area contributed by atoms with Crippen molar-refractivity contribution in [2.24, 2.45) is 0 Å². The first-order valence-electron chi connectivity index (χ1n) is 7.02. The smallest absolute Gasteiger partial charge is 0.0720 e. The lowest BCUT2D eigenvalue weighted by Gasteiger charge is -2.21. The van der Waals surface area contributed by atoms with Crippen molar-refractivity contribution in [3.05, 3.63) is 35.9 Å². The van der Waals surface area contributed by atoms with Crippen molar-refractivity contribution in [1.82, 2.24) is 0 Å². The van der Waals surface area contributed by atoms with Crippen LogP contribution >= 0.6 is 0 Å². The Morgan fingerprint density at radius 1 is 1.00 bits per heavy atom. The molecule has 0 N–H and O–H groups in total. The average molecular weight is 234 g/mol. The molecule has 1 aliphatic rings. The minimum atomic E-state index is 0.518. The molecule has 1 heteroatoms. The maximum absolute atomic E-state index is 5.87. The predicted octanol–water partition coefficient (Wildman–Crippen LogP) is 4.95. The zero-order chi connectivity index (χ0) is 12.3. The highest BCUT2D eigenvalue weighted by Gasteiger charge is 2.13. The van der Waals surface area contributed by atoms with Crippen molar-refractivity contribution in [3.63, 3.8) is 0 Å². The van der Waals surface area contributed by atoms with E-state index >= 15 is 0 Å². The molecular formula is C16H26O. The number of rotatable bonds is 3. The van der Waals surface area contributed by atoms with Gasteiger partial charge in [0.25, 0.3) is 0 Å². The van der Waals surface area contributed by atoms with Crippen molar-refractivity contribution in [1.29, 1.82) is 0 Å². The van der Waals surface area contributed by atoms with Gasteiger partial charge in [0.2, 0.25) is 0 Å². The van der Waals surface area contributed by atoms with E-state index in [0.717, 1.165) is 6.61 Å². The molecule has 2 rings (SSSR count). The van der Waals surface area contributed by atoms with Crippen molar-refractivity contribution in [2.45, 2.75) is 65.1 Å². The second-order valence-corrected chi connectivity index (χ2v) is 4.76. The van der Waals surface area contributed by atoms with Gasteiger partial charge >= 0.3 is 0 Å². The molecule has 1 nitrogen and oxygen atoms in total. The molecule has 0 heterocycles. The lowest BCUT2D eigenvalue weighted by molar-refractivity contribution is 0.0169. The largest absolute Gasteiger partial charge is 0.374 e. The normalized spacial score (nSPS) is 16.1. The van der Waals surface area contributed by atoms with Crippen LogP contribution in [-0.4, -0.2) is 6.10 Å².